The average molecular weight is 355 g/mol. The van der Waals surface area contributed by atoms with Crippen molar-refractivity contribution in [3.8, 4) is 0 Å². The summed E-state index contributed by atoms with van der Waals surface area (Å²) < 4.78 is 36.9. The quantitative estimate of drug-likeness (QED) is 0.739. The molecule has 2 atom stereocenters. The predicted molar refractivity (Wildman–Crippen MR) is 85.7 cm³/mol. The third-order valence-corrected chi connectivity index (χ3v) is 5.63. The zero-order valence-electron chi connectivity index (χ0n) is 13.9. The molecule has 1 heterocycles. The van der Waals surface area contributed by atoms with Crippen LogP contribution < -0.4 is 0 Å². The number of hydrogen-bond acceptors (Lipinski definition) is 6. The number of carbonyl (C=O) groups is 2. The normalized spacial score (nSPS) is 21.5. The molecule has 1 saturated heterocycles. The summed E-state index contributed by atoms with van der Waals surface area (Å²) in [6.07, 6.45) is -0.583. The van der Waals surface area contributed by atoms with Crippen LogP contribution in [0.25, 0.3) is 0 Å². The molecule has 2 rings (SSSR count). The maximum Gasteiger partial charge on any atom is 0.324 e. The summed E-state index contributed by atoms with van der Waals surface area (Å²) in [6, 6.07) is 5.36. The molecule has 0 aromatic heterocycles. The Balaban J connectivity index is 2.33. The van der Waals surface area contributed by atoms with E-state index in [1.54, 1.807) is 19.1 Å². The highest BCUT2D eigenvalue weighted by Crippen LogP contribution is 2.29. The Kier molecular flexibility index (Phi) is 5.61. The van der Waals surface area contributed by atoms with E-state index in [1.165, 1.54) is 19.1 Å². The van der Waals surface area contributed by atoms with Gasteiger partial charge in [-0.25, -0.2) is 8.42 Å². The second-order valence-corrected chi connectivity index (χ2v) is 7.51. The standard InChI is InChI=1S/C16H21NO6S/c1-4-22-16(19)15-9-13(23-12(3)18)10-17(15)24(20,21)14-7-5-11(2)6-8-14/h5-8,13,15H,4,9-10H2,1-3H3/t13-,15?/m0/s1. The van der Waals surface area contributed by atoms with Crippen LogP contribution in [0.1, 0.15) is 25.8 Å². The molecule has 0 aliphatic carbocycles. The van der Waals surface area contributed by atoms with Crippen LogP contribution in [0, 0.1) is 6.92 Å². The topological polar surface area (TPSA) is 90.0 Å². The van der Waals surface area contributed by atoms with Gasteiger partial charge in [0.1, 0.15) is 12.1 Å². The molecule has 24 heavy (non-hydrogen) atoms. The number of carbonyl (C=O) groups excluding carboxylic acids is 2. The van der Waals surface area contributed by atoms with Crippen LogP contribution in [0.5, 0.6) is 0 Å². The Morgan fingerprint density at radius 2 is 1.88 bits per heavy atom. The Hall–Kier alpha value is -1.93. The molecular weight excluding hydrogens is 334 g/mol. The van der Waals surface area contributed by atoms with E-state index in [0.29, 0.717) is 0 Å². The molecule has 7 nitrogen and oxygen atoms in total. The summed E-state index contributed by atoms with van der Waals surface area (Å²) >= 11 is 0. The van der Waals surface area contributed by atoms with E-state index in [4.69, 9.17) is 9.47 Å². The Morgan fingerprint density at radius 3 is 2.42 bits per heavy atom. The SMILES string of the molecule is CCOC(=O)C1C[C@H](OC(C)=O)CN1S(=O)(=O)c1ccc(C)cc1. The smallest absolute Gasteiger partial charge is 0.324 e. The van der Waals surface area contributed by atoms with Gasteiger partial charge in [0, 0.05) is 13.3 Å². The zero-order chi connectivity index (χ0) is 17.9. The Morgan fingerprint density at radius 1 is 1.25 bits per heavy atom. The number of nitrogens with zero attached hydrogens (tertiary/aromatic N) is 1. The van der Waals surface area contributed by atoms with Crippen LogP contribution in [-0.4, -0.2) is 50.0 Å². The fourth-order valence-electron chi connectivity index (χ4n) is 2.65. The summed E-state index contributed by atoms with van der Waals surface area (Å²) in [5.41, 5.74) is 0.926. The van der Waals surface area contributed by atoms with Gasteiger partial charge in [0.05, 0.1) is 18.0 Å². The van der Waals surface area contributed by atoms with Gasteiger partial charge in [0.2, 0.25) is 10.0 Å². The van der Waals surface area contributed by atoms with Gasteiger partial charge in [-0.1, -0.05) is 17.7 Å². The first-order valence-corrected chi connectivity index (χ1v) is 9.12. The van der Waals surface area contributed by atoms with Crippen molar-refractivity contribution < 1.29 is 27.5 Å². The maximum atomic E-state index is 12.9. The minimum atomic E-state index is -3.90. The molecule has 0 spiro atoms. The number of rotatable bonds is 5. The Labute approximate surface area is 141 Å². The number of sulfonamides is 1. The number of ether oxygens (including phenoxy) is 2. The minimum Gasteiger partial charge on any atom is -0.465 e. The lowest BCUT2D eigenvalue weighted by Gasteiger charge is -2.22. The number of benzene rings is 1. The van der Waals surface area contributed by atoms with E-state index in [2.05, 4.69) is 0 Å². The van der Waals surface area contributed by atoms with Gasteiger partial charge in [0.15, 0.2) is 0 Å². The van der Waals surface area contributed by atoms with Gasteiger partial charge in [-0.2, -0.15) is 4.31 Å². The van der Waals surface area contributed by atoms with E-state index < -0.39 is 34.1 Å². The van der Waals surface area contributed by atoms with Crippen molar-refractivity contribution in [1.82, 2.24) is 4.31 Å². The largest absolute Gasteiger partial charge is 0.465 e. The van der Waals surface area contributed by atoms with Crippen molar-refractivity contribution in [2.75, 3.05) is 13.2 Å². The first kappa shape index (κ1) is 18.4. The summed E-state index contributed by atoms with van der Waals surface area (Å²) in [5, 5.41) is 0. The lowest BCUT2D eigenvalue weighted by molar-refractivity contribution is -0.149. The monoisotopic (exact) mass is 355 g/mol. The average Bonchev–Trinajstić information content (AvgIpc) is 2.92. The van der Waals surface area contributed by atoms with Crippen molar-refractivity contribution >= 4 is 22.0 Å². The first-order chi connectivity index (χ1) is 11.3. The molecule has 1 unspecified atom stereocenters. The molecular formula is C16H21NO6S. The van der Waals surface area contributed by atoms with Crippen LogP contribution in [-0.2, 0) is 29.1 Å². The third-order valence-electron chi connectivity index (χ3n) is 3.74. The van der Waals surface area contributed by atoms with Gasteiger partial charge in [0.25, 0.3) is 0 Å². The van der Waals surface area contributed by atoms with Crippen LogP contribution in [0.3, 0.4) is 0 Å². The molecule has 0 N–H and O–H groups in total. The van der Waals surface area contributed by atoms with E-state index in [9.17, 15) is 18.0 Å². The van der Waals surface area contributed by atoms with E-state index in [0.717, 1.165) is 9.87 Å². The van der Waals surface area contributed by atoms with Crippen LogP contribution in [0.4, 0.5) is 0 Å². The molecule has 0 radical (unpaired) electrons. The zero-order valence-corrected chi connectivity index (χ0v) is 14.7. The lowest BCUT2D eigenvalue weighted by Crippen LogP contribution is -2.41. The predicted octanol–water partition coefficient (Wildman–Crippen LogP) is 1.25. The highest BCUT2D eigenvalue weighted by molar-refractivity contribution is 7.89. The van der Waals surface area contributed by atoms with Gasteiger partial charge in [-0.05, 0) is 26.0 Å². The molecule has 1 aromatic carbocycles. The van der Waals surface area contributed by atoms with Crippen LogP contribution in [0.15, 0.2) is 29.2 Å². The second kappa shape index (κ2) is 7.31. The summed E-state index contributed by atoms with van der Waals surface area (Å²) in [4.78, 5) is 23.4. The first-order valence-electron chi connectivity index (χ1n) is 7.68. The summed E-state index contributed by atoms with van der Waals surface area (Å²) in [7, 11) is -3.90. The minimum absolute atomic E-state index is 0.0702. The van der Waals surface area contributed by atoms with Crippen molar-refractivity contribution in [1.29, 1.82) is 0 Å². The van der Waals surface area contributed by atoms with Gasteiger partial charge in [-0.15, -0.1) is 0 Å². The van der Waals surface area contributed by atoms with Crippen molar-refractivity contribution in [2.24, 2.45) is 0 Å². The molecule has 1 aromatic rings. The van der Waals surface area contributed by atoms with Gasteiger partial charge < -0.3 is 9.47 Å². The molecule has 0 bridgehead atoms. The molecule has 0 amide bonds. The van der Waals surface area contributed by atoms with Crippen LogP contribution >= 0.6 is 0 Å². The number of aryl methyl sites for hydroxylation is 1. The fourth-order valence-corrected chi connectivity index (χ4v) is 4.27. The van der Waals surface area contributed by atoms with Gasteiger partial charge in [-0.3, -0.25) is 9.59 Å². The second-order valence-electron chi connectivity index (χ2n) is 5.62. The summed E-state index contributed by atoms with van der Waals surface area (Å²) in [6.45, 7) is 4.82. The number of esters is 2. The lowest BCUT2D eigenvalue weighted by atomic mass is 10.2. The maximum absolute atomic E-state index is 12.9. The fraction of sp³-hybridized carbons (Fsp3) is 0.500. The van der Waals surface area contributed by atoms with Gasteiger partial charge >= 0.3 is 11.9 Å². The molecule has 1 aliphatic rings. The molecule has 132 valence electrons. The molecule has 0 saturated carbocycles. The molecule has 1 fully saturated rings. The number of hydrogen-bond donors (Lipinski definition) is 0. The van der Waals surface area contributed by atoms with E-state index >= 15 is 0 Å². The molecule has 1 aliphatic heterocycles. The highest BCUT2D eigenvalue weighted by atomic mass is 32.2. The van der Waals surface area contributed by atoms with Crippen molar-refractivity contribution in [3.63, 3.8) is 0 Å². The summed E-state index contributed by atoms with van der Waals surface area (Å²) in [5.74, 6) is -1.15. The third kappa shape index (κ3) is 3.93. The van der Waals surface area contributed by atoms with Crippen molar-refractivity contribution in [2.45, 2.75) is 44.2 Å². The van der Waals surface area contributed by atoms with E-state index in [-0.39, 0.29) is 24.5 Å². The van der Waals surface area contributed by atoms with Crippen molar-refractivity contribution in [3.05, 3.63) is 29.8 Å². The molecule has 8 heteroatoms. The highest BCUT2D eigenvalue weighted by Gasteiger charge is 2.46. The van der Waals surface area contributed by atoms with Crippen LogP contribution in [0.2, 0.25) is 0 Å². The van der Waals surface area contributed by atoms with E-state index in [1.807, 2.05) is 6.92 Å². The Bertz CT molecular complexity index is 713.